The van der Waals surface area contributed by atoms with Crippen LogP contribution >= 0.6 is 27.5 Å². The first-order valence-corrected chi connectivity index (χ1v) is 4.88. The van der Waals surface area contributed by atoms with Gasteiger partial charge < -0.3 is 5.11 Å². The van der Waals surface area contributed by atoms with E-state index in [9.17, 15) is 9.50 Å². The molecule has 0 heterocycles. The molecule has 0 bridgehead atoms. The summed E-state index contributed by atoms with van der Waals surface area (Å²) in [6, 6.07) is 2.17. The fraction of sp³-hybridized carbons (Fsp3) is 0.111. The summed E-state index contributed by atoms with van der Waals surface area (Å²) in [6.45, 7) is 0. The molecule has 68 valence electrons. The van der Waals surface area contributed by atoms with Gasteiger partial charge in [0.25, 0.3) is 0 Å². The number of aromatic hydroxyl groups is 1. The van der Waals surface area contributed by atoms with Gasteiger partial charge in [0.05, 0.1) is 15.9 Å². The number of halogens is 3. The average molecular weight is 263 g/mol. The van der Waals surface area contributed by atoms with Crippen LogP contribution in [0.25, 0.3) is 0 Å². The average Bonchev–Trinajstić information content (AvgIpc) is 2.09. The van der Waals surface area contributed by atoms with Crippen molar-refractivity contribution in [3.63, 3.8) is 0 Å². The van der Waals surface area contributed by atoms with Crippen molar-refractivity contribution in [2.45, 2.75) is 0 Å². The molecule has 0 saturated heterocycles. The van der Waals surface area contributed by atoms with Gasteiger partial charge in [-0.05, 0) is 12.1 Å². The van der Waals surface area contributed by atoms with Crippen molar-refractivity contribution in [1.29, 1.82) is 0 Å². The molecule has 0 radical (unpaired) electrons. The van der Waals surface area contributed by atoms with Gasteiger partial charge in [0.15, 0.2) is 0 Å². The highest BCUT2D eigenvalue weighted by atomic mass is 79.9. The Morgan fingerprint density at radius 3 is 2.85 bits per heavy atom. The standard InChI is InChI=1S/C9H5BrClFO/c10-3-1-2-6-4-7(12)5-8(11)9(6)13/h4-5,13H,3H2. The quantitative estimate of drug-likeness (QED) is 0.564. The zero-order valence-electron chi connectivity index (χ0n) is 6.44. The second kappa shape index (κ2) is 4.50. The summed E-state index contributed by atoms with van der Waals surface area (Å²) < 4.78 is 12.8. The van der Waals surface area contributed by atoms with Gasteiger partial charge in [0, 0.05) is 0 Å². The van der Waals surface area contributed by atoms with E-state index in [-0.39, 0.29) is 16.3 Å². The molecule has 0 spiro atoms. The van der Waals surface area contributed by atoms with Crippen LogP contribution in [-0.4, -0.2) is 10.4 Å². The molecule has 1 nitrogen and oxygen atoms in total. The maximum Gasteiger partial charge on any atom is 0.149 e. The first-order chi connectivity index (χ1) is 6.15. The molecule has 0 aliphatic heterocycles. The molecular formula is C9H5BrClFO. The molecule has 0 unspecified atom stereocenters. The Bertz CT molecular complexity index is 381. The van der Waals surface area contributed by atoms with Crippen LogP contribution in [0.3, 0.4) is 0 Å². The number of hydrogen-bond donors (Lipinski definition) is 1. The lowest BCUT2D eigenvalue weighted by Gasteiger charge is -1.99. The molecule has 1 aromatic rings. The van der Waals surface area contributed by atoms with Crippen molar-refractivity contribution in [1.82, 2.24) is 0 Å². The first kappa shape index (κ1) is 10.4. The molecule has 13 heavy (non-hydrogen) atoms. The monoisotopic (exact) mass is 262 g/mol. The lowest BCUT2D eigenvalue weighted by atomic mass is 10.2. The first-order valence-electron chi connectivity index (χ1n) is 3.38. The summed E-state index contributed by atoms with van der Waals surface area (Å²) >= 11 is 8.62. The summed E-state index contributed by atoms with van der Waals surface area (Å²) in [5, 5.41) is 9.76. The maximum atomic E-state index is 12.8. The zero-order chi connectivity index (χ0) is 9.84. The van der Waals surface area contributed by atoms with Crippen LogP contribution in [0.15, 0.2) is 12.1 Å². The van der Waals surface area contributed by atoms with Gasteiger partial charge in [-0.25, -0.2) is 4.39 Å². The third kappa shape index (κ3) is 2.61. The van der Waals surface area contributed by atoms with E-state index in [1.807, 2.05) is 0 Å². The lowest BCUT2D eigenvalue weighted by Crippen LogP contribution is -1.82. The highest BCUT2D eigenvalue weighted by Gasteiger charge is 2.05. The minimum atomic E-state index is -0.512. The lowest BCUT2D eigenvalue weighted by molar-refractivity contribution is 0.471. The molecule has 1 aromatic carbocycles. The van der Waals surface area contributed by atoms with E-state index in [0.717, 1.165) is 12.1 Å². The van der Waals surface area contributed by atoms with Gasteiger partial charge in [-0.15, -0.1) is 0 Å². The van der Waals surface area contributed by atoms with E-state index in [0.29, 0.717) is 5.33 Å². The molecule has 0 amide bonds. The summed E-state index contributed by atoms with van der Waals surface area (Å²) in [5.41, 5.74) is 0.199. The Labute approximate surface area is 88.7 Å². The van der Waals surface area contributed by atoms with E-state index in [1.54, 1.807) is 0 Å². The molecule has 0 aromatic heterocycles. The predicted octanol–water partition coefficient (Wildman–Crippen LogP) is 2.93. The Hall–Kier alpha value is -0.720. The van der Waals surface area contributed by atoms with E-state index >= 15 is 0 Å². The normalized spacial score (nSPS) is 9.15. The Morgan fingerprint density at radius 1 is 1.54 bits per heavy atom. The zero-order valence-corrected chi connectivity index (χ0v) is 8.78. The molecule has 0 atom stereocenters. The van der Waals surface area contributed by atoms with Crippen molar-refractivity contribution in [3.05, 3.63) is 28.5 Å². The van der Waals surface area contributed by atoms with Crippen molar-refractivity contribution in [2.24, 2.45) is 0 Å². The Kier molecular flexibility index (Phi) is 3.58. The largest absolute Gasteiger partial charge is 0.505 e. The molecule has 0 aliphatic rings. The number of phenolic OH excluding ortho intramolecular Hbond substituents is 1. The van der Waals surface area contributed by atoms with Gasteiger partial charge in [0.2, 0.25) is 0 Å². The highest BCUT2D eigenvalue weighted by Crippen LogP contribution is 2.27. The summed E-state index contributed by atoms with van der Waals surface area (Å²) in [4.78, 5) is 0. The molecular weight excluding hydrogens is 258 g/mol. The molecule has 0 fully saturated rings. The summed E-state index contributed by atoms with van der Waals surface area (Å²) in [7, 11) is 0. The van der Waals surface area contributed by atoms with Crippen LogP contribution in [-0.2, 0) is 0 Å². The SMILES string of the molecule is Oc1c(Cl)cc(F)cc1C#CCBr. The smallest absolute Gasteiger partial charge is 0.149 e. The molecule has 0 saturated carbocycles. The molecule has 1 N–H and O–H groups in total. The second-order valence-electron chi connectivity index (χ2n) is 2.22. The van der Waals surface area contributed by atoms with Crippen LogP contribution in [0.1, 0.15) is 5.56 Å². The van der Waals surface area contributed by atoms with Gasteiger partial charge in [-0.3, -0.25) is 0 Å². The number of hydrogen-bond acceptors (Lipinski definition) is 1. The fourth-order valence-electron chi connectivity index (χ4n) is 0.790. The van der Waals surface area contributed by atoms with Crippen molar-refractivity contribution >= 4 is 27.5 Å². The van der Waals surface area contributed by atoms with Crippen molar-refractivity contribution in [3.8, 4) is 17.6 Å². The van der Waals surface area contributed by atoms with Crippen LogP contribution in [0.5, 0.6) is 5.75 Å². The van der Waals surface area contributed by atoms with E-state index < -0.39 is 5.82 Å². The highest BCUT2D eigenvalue weighted by molar-refractivity contribution is 9.09. The van der Waals surface area contributed by atoms with Crippen LogP contribution < -0.4 is 0 Å². The Morgan fingerprint density at radius 2 is 2.23 bits per heavy atom. The van der Waals surface area contributed by atoms with Crippen molar-refractivity contribution < 1.29 is 9.50 Å². The van der Waals surface area contributed by atoms with E-state index in [1.165, 1.54) is 0 Å². The second-order valence-corrected chi connectivity index (χ2v) is 3.19. The van der Waals surface area contributed by atoms with Gasteiger partial charge >= 0.3 is 0 Å². The van der Waals surface area contributed by atoms with Crippen LogP contribution in [0.4, 0.5) is 4.39 Å². The molecule has 4 heteroatoms. The van der Waals surface area contributed by atoms with Gasteiger partial charge in [0.1, 0.15) is 11.6 Å². The van der Waals surface area contributed by atoms with E-state index in [2.05, 4.69) is 27.8 Å². The molecule has 1 rings (SSSR count). The number of alkyl halides is 1. The molecule has 0 aliphatic carbocycles. The summed E-state index contributed by atoms with van der Waals surface area (Å²) in [5.74, 6) is 4.52. The van der Waals surface area contributed by atoms with Gasteiger partial charge in [-0.1, -0.05) is 39.4 Å². The number of phenols is 1. The minimum absolute atomic E-state index is 0.0288. The van der Waals surface area contributed by atoms with Crippen LogP contribution in [0, 0.1) is 17.7 Å². The Balaban J connectivity index is 3.20. The topological polar surface area (TPSA) is 20.2 Å². The number of benzene rings is 1. The third-order valence-electron chi connectivity index (χ3n) is 1.32. The van der Waals surface area contributed by atoms with Crippen molar-refractivity contribution in [2.75, 3.05) is 5.33 Å². The fourth-order valence-corrected chi connectivity index (χ4v) is 1.14. The predicted molar refractivity (Wildman–Crippen MR) is 53.7 cm³/mol. The minimum Gasteiger partial charge on any atom is -0.505 e. The van der Waals surface area contributed by atoms with Gasteiger partial charge in [-0.2, -0.15) is 0 Å². The van der Waals surface area contributed by atoms with Crippen LogP contribution in [0.2, 0.25) is 5.02 Å². The summed E-state index contributed by atoms with van der Waals surface area (Å²) in [6.07, 6.45) is 0. The maximum absolute atomic E-state index is 12.8. The number of rotatable bonds is 0. The third-order valence-corrected chi connectivity index (χ3v) is 1.89. The van der Waals surface area contributed by atoms with E-state index in [4.69, 9.17) is 11.6 Å².